The molecule has 146 valence electrons. The first-order valence-electron chi connectivity index (χ1n) is 9.63. The molecular formula is C22H26N4O2. The highest BCUT2D eigenvalue weighted by Gasteiger charge is 2.14. The van der Waals surface area contributed by atoms with Crippen molar-refractivity contribution in [2.75, 3.05) is 18.2 Å². The fourth-order valence-electron chi connectivity index (χ4n) is 3.16. The number of rotatable bonds is 8. The highest BCUT2D eigenvalue weighted by Crippen LogP contribution is 2.18. The SMILES string of the molecule is CCc1cccc(C)c1-n1cnc(N(CC)OCCc2ccccc2)nc1=O. The summed E-state index contributed by atoms with van der Waals surface area (Å²) in [5.74, 6) is 0.281. The highest BCUT2D eigenvalue weighted by molar-refractivity contribution is 5.47. The first-order chi connectivity index (χ1) is 13.6. The van der Waals surface area contributed by atoms with Crippen LogP contribution < -0.4 is 10.8 Å². The summed E-state index contributed by atoms with van der Waals surface area (Å²) in [6, 6.07) is 16.1. The first-order valence-corrected chi connectivity index (χ1v) is 9.63. The first kappa shape index (κ1) is 19.8. The zero-order valence-electron chi connectivity index (χ0n) is 16.6. The number of para-hydroxylation sites is 1. The summed E-state index contributed by atoms with van der Waals surface area (Å²) in [5.41, 5.74) is 3.80. The van der Waals surface area contributed by atoms with E-state index in [1.807, 2.05) is 50.2 Å². The van der Waals surface area contributed by atoms with Crippen molar-refractivity contribution in [2.24, 2.45) is 0 Å². The molecule has 28 heavy (non-hydrogen) atoms. The summed E-state index contributed by atoms with van der Waals surface area (Å²) >= 11 is 0. The molecule has 0 N–H and O–H groups in total. The second kappa shape index (κ2) is 9.28. The Balaban J connectivity index is 1.78. The van der Waals surface area contributed by atoms with E-state index in [0.717, 1.165) is 29.7 Å². The Morgan fingerprint density at radius 2 is 1.86 bits per heavy atom. The number of nitrogens with zero attached hydrogens (tertiary/aromatic N) is 4. The van der Waals surface area contributed by atoms with Crippen molar-refractivity contribution in [1.82, 2.24) is 14.5 Å². The molecule has 0 unspecified atom stereocenters. The van der Waals surface area contributed by atoms with E-state index in [1.54, 1.807) is 5.06 Å². The molecule has 0 radical (unpaired) electrons. The molecule has 0 saturated carbocycles. The second-order valence-corrected chi connectivity index (χ2v) is 6.51. The fraction of sp³-hybridized carbons (Fsp3) is 0.318. The van der Waals surface area contributed by atoms with Gasteiger partial charge in [0.25, 0.3) is 5.95 Å². The lowest BCUT2D eigenvalue weighted by Gasteiger charge is -2.20. The zero-order chi connectivity index (χ0) is 19.9. The summed E-state index contributed by atoms with van der Waals surface area (Å²) in [7, 11) is 0. The van der Waals surface area contributed by atoms with E-state index in [1.165, 1.54) is 16.5 Å². The van der Waals surface area contributed by atoms with Gasteiger partial charge in [0.05, 0.1) is 12.3 Å². The van der Waals surface area contributed by atoms with Gasteiger partial charge in [-0.2, -0.15) is 4.98 Å². The van der Waals surface area contributed by atoms with Crippen LogP contribution in [-0.2, 0) is 17.7 Å². The fourth-order valence-corrected chi connectivity index (χ4v) is 3.16. The van der Waals surface area contributed by atoms with E-state index in [2.05, 4.69) is 29.0 Å². The van der Waals surface area contributed by atoms with Crippen molar-refractivity contribution in [3.63, 3.8) is 0 Å². The van der Waals surface area contributed by atoms with Crippen LogP contribution in [0.3, 0.4) is 0 Å². The molecule has 0 fully saturated rings. The third-order valence-corrected chi connectivity index (χ3v) is 4.62. The zero-order valence-corrected chi connectivity index (χ0v) is 16.6. The van der Waals surface area contributed by atoms with Gasteiger partial charge in [0.15, 0.2) is 0 Å². The molecule has 1 aromatic heterocycles. The third-order valence-electron chi connectivity index (χ3n) is 4.62. The highest BCUT2D eigenvalue weighted by atomic mass is 16.7. The molecule has 6 heteroatoms. The van der Waals surface area contributed by atoms with Gasteiger partial charge >= 0.3 is 5.69 Å². The lowest BCUT2D eigenvalue weighted by atomic mass is 10.1. The molecule has 3 rings (SSSR count). The maximum Gasteiger partial charge on any atom is 0.356 e. The molecule has 6 nitrogen and oxygen atoms in total. The topological polar surface area (TPSA) is 60.3 Å². The van der Waals surface area contributed by atoms with Crippen LogP contribution in [0.1, 0.15) is 30.5 Å². The van der Waals surface area contributed by atoms with Gasteiger partial charge in [-0.1, -0.05) is 55.5 Å². The van der Waals surface area contributed by atoms with E-state index in [-0.39, 0.29) is 11.6 Å². The largest absolute Gasteiger partial charge is 0.356 e. The van der Waals surface area contributed by atoms with Crippen molar-refractivity contribution < 1.29 is 4.84 Å². The maximum atomic E-state index is 12.7. The van der Waals surface area contributed by atoms with Crippen molar-refractivity contribution in [3.05, 3.63) is 82.0 Å². The second-order valence-electron chi connectivity index (χ2n) is 6.51. The van der Waals surface area contributed by atoms with Crippen molar-refractivity contribution in [1.29, 1.82) is 0 Å². The minimum absolute atomic E-state index is 0.281. The Bertz CT molecular complexity index is 970. The predicted molar refractivity (Wildman–Crippen MR) is 111 cm³/mol. The quantitative estimate of drug-likeness (QED) is 0.562. The van der Waals surface area contributed by atoms with E-state index < -0.39 is 0 Å². The summed E-state index contributed by atoms with van der Waals surface area (Å²) < 4.78 is 1.51. The van der Waals surface area contributed by atoms with Crippen LogP contribution in [0.25, 0.3) is 5.69 Å². The monoisotopic (exact) mass is 378 g/mol. The molecule has 0 atom stereocenters. The summed E-state index contributed by atoms with van der Waals surface area (Å²) in [6.45, 7) is 7.02. The van der Waals surface area contributed by atoms with E-state index in [0.29, 0.717) is 13.2 Å². The van der Waals surface area contributed by atoms with Gasteiger partial charge in [-0.15, -0.1) is 0 Å². The summed E-state index contributed by atoms with van der Waals surface area (Å²) in [6.07, 6.45) is 3.14. The molecule has 0 aliphatic rings. The number of hydrogen-bond acceptors (Lipinski definition) is 5. The number of benzene rings is 2. The van der Waals surface area contributed by atoms with Crippen LogP contribution in [0.5, 0.6) is 0 Å². The molecule has 0 spiro atoms. The maximum absolute atomic E-state index is 12.7. The van der Waals surface area contributed by atoms with Crippen LogP contribution in [-0.4, -0.2) is 27.7 Å². The van der Waals surface area contributed by atoms with Gasteiger partial charge in [0, 0.05) is 6.54 Å². The van der Waals surface area contributed by atoms with Gasteiger partial charge in [-0.05, 0) is 43.4 Å². The lowest BCUT2D eigenvalue weighted by molar-refractivity contribution is 0.109. The van der Waals surface area contributed by atoms with Gasteiger partial charge in [-0.25, -0.2) is 14.8 Å². The molecule has 2 aromatic carbocycles. The summed E-state index contributed by atoms with van der Waals surface area (Å²) in [4.78, 5) is 27.1. The van der Waals surface area contributed by atoms with Crippen molar-refractivity contribution in [2.45, 2.75) is 33.6 Å². The average molecular weight is 378 g/mol. The van der Waals surface area contributed by atoms with E-state index in [9.17, 15) is 4.79 Å². The molecule has 0 amide bonds. The van der Waals surface area contributed by atoms with Crippen LogP contribution in [0, 0.1) is 6.92 Å². The van der Waals surface area contributed by atoms with Gasteiger partial charge in [-0.3, -0.25) is 9.40 Å². The Kier molecular flexibility index (Phi) is 6.55. The standard InChI is InChI=1S/C22H26N4O2/c1-4-19-13-9-10-17(3)20(19)25-16-23-21(24-22(25)27)26(5-2)28-15-14-18-11-7-6-8-12-18/h6-13,16H,4-5,14-15H2,1-3H3. The number of hydroxylamine groups is 1. The van der Waals surface area contributed by atoms with Crippen LogP contribution in [0.4, 0.5) is 5.95 Å². The molecular weight excluding hydrogens is 352 g/mol. The molecule has 0 aliphatic heterocycles. The number of anilines is 1. The minimum Gasteiger partial charge on any atom is -0.270 e. The van der Waals surface area contributed by atoms with Gasteiger partial charge in [0.2, 0.25) is 0 Å². The third kappa shape index (κ3) is 4.46. The Labute approximate surface area is 165 Å². The Morgan fingerprint density at radius 3 is 2.54 bits per heavy atom. The molecule has 1 heterocycles. The van der Waals surface area contributed by atoms with E-state index in [4.69, 9.17) is 4.84 Å². The van der Waals surface area contributed by atoms with Gasteiger partial charge in [0.1, 0.15) is 6.33 Å². The van der Waals surface area contributed by atoms with Gasteiger partial charge < -0.3 is 0 Å². The number of aryl methyl sites for hydroxylation is 2. The van der Waals surface area contributed by atoms with Crippen LogP contribution >= 0.6 is 0 Å². The smallest absolute Gasteiger partial charge is 0.270 e. The Hall–Kier alpha value is -2.99. The predicted octanol–water partition coefficient (Wildman–Crippen LogP) is 3.50. The van der Waals surface area contributed by atoms with Crippen LogP contribution in [0.2, 0.25) is 0 Å². The average Bonchev–Trinajstić information content (AvgIpc) is 2.72. The van der Waals surface area contributed by atoms with Crippen LogP contribution in [0.15, 0.2) is 59.7 Å². The van der Waals surface area contributed by atoms with Crippen molar-refractivity contribution in [3.8, 4) is 5.69 Å². The number of hydrogen-bond donors (Lipinski definition) is 0. The van der Waals surface area contributed by atoms with Crippen molar-refractivity contribution >= 4 is 5.95 Å². The minimum atomic E-state index is -0.362. The molecule has 0 aliphatic carbocycles. The Morgan fingerprint density at radius 1 is 1.07 bits per heavy atom. The molecule has 0 bridgehead atoms. The molecule has 3 aromatic rings. The lowest BCUT2D eigenvalue weighted by Crippen LogP contribution is -2.31. The number of aromatic nitrogens is 3. The normalized spacial score (nSPS) is 10.8. The molecule has 0 saturated heterocycles. The van der Waals surface area contributed by atoms with E-state index >= 15 is 0 Å². The summed E-state index contributed by atoms with van der Waals surface area (Å²) in [5, 5.41) is 1.56.